The molecule has 0 saturated carbocycles. The number of halogens is 2. The predicted octanol–water partition coefficient (Wildman–Crippen LogP) is 3.09. The number of alkyl halides is 2. The van der Waals surface area contributed by atoms with Gasteiger partial charge in [0.2, 0.25) is 0 Å². The maximum absolute atomic E-state index is 12.9. The van der Waals surface area contributed by atoms with Crippen molar-refractivity contribution in [2.45, 2.75) is 39.5 Å². The van der Waals surface area contributed by atoms with Crippen LogP contribution >= 0.6 is 0 Å². The summed E-state index contributed by atoms with van der Waals surface area (Å²) in [4.78, 5) is 17.3. The number of aliphatic hydroxyl groups excluding tert-OH is 1. The van der Waals surface area contributed by atoms with Gasteiger partial charge in [0.05, 0.1) is 29.7 Å². The predicted molar refractivity (Wildman–Crippen MR) is 117 cm³/mol. The maximum Gasteiger partial charge on any atom is 0.387 e. The molecule has 1 saturated heterocycles. The molecule has 1 aliphatic rings. The van der Waals surface area contributed by atoms with E-state index in [0.717, 1.165) is 0 Å². The lowest BCUT2D eigenvalue weighted by Gasteiger charge is -2.37. The third kappa shape index (κ3) is 5.03. The van der Waals surface area contributed by atoms with E-state index in [-0.39, 0.29) is 36.0 Å². The highest BCUT2D eigenvalue weighted by molar-refractivity contribution is 7.92. The number of carbonyl (C=O) groups is 1. The van der Waals surface area contributed by atoms with E-state index in [1.165, 1.54) is 23.0 Å². The van der Waals surface area contributed by atoms with Gasteiger partial charge < -0.3 is 9.84 Å². The minimum Gasteiger partial charge on any atom is -0.435 e. The molecule has 3 aromatic rings. The first-order chi connectivity index (χ1) is 15.4. The minimum atomic E-state index is -3.08. The third-order valence-electron chi connectivity index (χ3n) is 5.41. The summed E-state index contributed by atoms with van der Waals surface area (Å²) in [7, 11) is -3.08. The Morgan fingerprint density at radius 3 is 2.67 bits per heavy atom. The van der Waals surface area contributed by atoms with Crippen LogP contribution in [0.15, 0.2) is 36.5 Å². The number of sulfone groups is 1. The second-order valence-electron chi connectivity index (χ2n) is 8.82. The molecule has 2 aromatic heterocycles. The average Bonchev–Trinajstić information content (AvgIpc) is 3.03. The molecule has 0 bridgehead atoms. The fourth-order valence-electron chi connectivity index (χ4n) is 4.22. The number of rotatable bonds is 8. The van der Waals surface area contributed by atoms with Crippen LogP contribution in [0.1, 0.15) is 30.6 Å². The molecule has 1 fully saturated rings. The molecule has 11 heteroatoms. The zero-order chi connectivity index (χ0) is 24.0. The van der Waals surface area contributed by atoms with Crippen LogP contribution in [-0.2, 0) is 16.4 Å². The molecule has 1 aromatic carbocycles. The number of benzene rings is 1. The van der Waals surface area contributed by atoms with Crippen molar-refractivity contribution in [2.75, 3.05) is 11.5 Å². The summed E-state index contributed by atoms with van der Waals surface area (Å²) in [5, 5.41) is 14.4. The van der Waals surface area contributed by atoms with Crippen molar-refractivity contribution in [2.24, 2.45) is 5.41 Å². The molecule has 0 radical (unpaired) electrons. The van der Waals surface area contributed by atoms with Crippen LogP contribution in [0.4, 0.5) is 8.78 Å². The summed E-state index contributed by atoms with van der Waals surface area (Å²) < 4.78 is 54.3. The van der Waals surface area contributed by atoms with E-state index in [1.54, 1.807) is 32.0 Å². The van der Waals surface area contributed by atoms with Crippen LogP contribution in [-0.4, -0.2) is 58.3 Å². The summed E-state index contributed by atoms with van der Waals surface area (Å²) in [5.74, 6) is -0.317. The standard InChI is InChI=1S/C22H23F2N3O5S/c1-13(28)10-27-17-7-15(18(29)8-22(2)11-33(30,31)12-22)9-25-20(17)19(26-27)14-4-3-5-16(6-14)32-21(23)24/h3-7,9,13,21,28H,8,10-12H2,1-2H3. The number of Topliss-reactive ketones (excluding diaryl/α,β-unsaturated/α-hetero) is 1. The minimum absolute atomic E-state index is 0.0252. The SMILES string of the molecule is CC(O)Cn1nc(-c2cccc(OC(F)F)c2)c2ncc(C(=O)CC3(C)CS(=O)(=O)C3)cc21. The van der Waals surface area contributed by atoms with E-state index in [9.17, 15) is 27.1 Å². The first-order valence-corrected chi connectivity index (χ1v) is 12.1. The highest BCUT2D eigenvalue weighted by atomic mass is 32.2. The molecule has 4 rings (SSSR count). The number of ether oxygens (including phenoxy) is 1. The number of pyridine rings is 1. The van der Waals surface area contributed by atoms with Gasteiger partial charge in [-0.15, -0.1) is 0 Å². The van der Waals surface area contributed by atoms with E-state index in [4.69, 9.17) is 0 Å². The van der Waals surface area contributed by atoms with E-state index in [0.29, 0.717) is 27.9 Å². The van der Waals surface area contributed by atoms with Crippen LogP contribution in [0.2, 0.25) is 0 Å². The summed E-state index contributed by atoms with van der Waals surface area (Å²) in [5.41, 5.74) is 1.51. The van der Waals surface area contributed by atoms with E-state index in [1.807, 2.05) is 0 Å². The lowest BCUT2D eigenvalue weighted by Crippen LogP contribution is -2.47. The van der Waals surface area contributed by atoms with Crippen molar-refractivity contribution in [3.05, 3.63) is 42.1 Å². The number of aliphatic hydroxyl groups is 1. The lowest BCUT2D eigenvalue weighted by molar-refractivity contribution is -0.0498. The maximum atomic E-state index is 12.9. The quantitative estimate of drug-likeness (QED) is 0.494. The smallest absolute Gasteiger partial charge is 0.387 e. The normalized spacial score (nSPS) is 17.6. The Kier molecular flexibility index (Phi) is 5.95. The average molecular weight is 480 g/mol. The first-order valence-electron chi connectivity index (χ1n) is 10.3. The Balaban J connectivity index is 1.71. The summed E-state index contributed by atoms with van der Waals surface area (Å²) in [6, 6.07) is 7.65. The Morgan fingerprint density at radius 2 is 2.03 bits per heavy atom. The number of fused-ring (bicyclic) bond motifs is 1. The zero-order valence-corrected chi connectivity index (χ0v) is 18.8. The topological polar surface area (TPSA) is 111 Å². The largest absolute Gasteiger partial charge is 0.435 e. The number of hydrogen-bond donors (Lipinski definition) is 1. The number of carbonyl (C=O) groups excluding carboxylic acids is 1. The van der Waals surface area contributed by atoms with Crippen LogP contribution in [0, 0.1) is 5.41 Å². The van der Waals surface area contributed by atoms with Gasteiger partial charge in [-0.1, -0.05) is 19.1 Å². The summed E-state index contributed by atoms with van der Waals surface area (Å²) in [6.07, 6.45) is 0.732. The number of hydrogen-bond acceptors (Lipinski definition) is 7. The van der Waals surface area contributed by atoms with Crippen LogP contribution in [0.25, 0.3) is 22.3 Å². The molecule has 0 spiro atoms. The molecule has 0 amide bonds. The molecule has 176 valence electrons. The van der Waals surface area contributed by atoms with Crippen LogP contribution < -0.4 is 4.74 Å². The molecule has 3 heterocycles. The van der Waals surface area contributed by atoms with Gasteiger partial charge in [-0.3, -0.25) is 14.5 Å². The van der Waals surface area contributed by atoms with Gasteiger partial charge in [-0.25, -0.2) is 8.42 Å². The van der Waals surface area contributed by atoms with Gasteiger partial charge in [0.15, 0.2) is 15.6 Å². The van der Waals surface area contributed by atoms with Gasteiger partial charge in [-0.2, -0.15) is 13.9 Å². The fraction of sp³-hybridized carbons (Fsp3) is 0.409. The third-order valence-corrected chi connectivity index (χ3v) is 7.68. The molecular weight excluding hydrogens is 456 g/mol. The second kappa shape index (κ2) is 8.45. The Morgan fingerprint density at radius 1 is 1.30 bits per heavy atom. The van der Waals surface area contributed by atoms with Crippen LogP contribution in [0.5, 0.6) is 5.75 Å². The Labute approximate surface area is 189 Å². The molecule has 1 unspecified atom stereocenters. The fourth-order valence-corrected chi connectivity index (χ4v) is 6.46. The Hall–Kier alpha value is -2.92. The molecule has 1 atom stereocenters. The number of aromatic nitrogens is 3. The van der Waals surface area contributed by atoms with E-state index >= 15 is 0 Å². The molecule has 1 aliphatic heterocycles. The second-order valence-corrected chi connectivity index (χ2v) is 10.9. The molecule has 1 N–H and O–H groups in total. The highest BCUT2D eigenvalue weighted by Crippen LogP contribution is 2.37. The van der Waals surface area contributed by atoms with Crippen molar-refractivity contribution < 1.29 is 31.8 Å². The summed E-state index contributed by atoms with van der Waals surface area (Å²) in [6.45, 7) is 0.509. The van der Waals surface area contributed by atoms with Gasteiger partial charge >= 0.3 is 6.61 Å². The summed E-state index contributed by atoms with van der Waals surface area (Å²) >= 11 is 0. The molecule has 0 aliphatic carbocycles. The zero-order valence-electron chi connectivity index (χ0n) is 18.0. The van der Waals surface area contributed by atoms with Crippen molar-refractivity contribution in [1.29, 1.82) is 0 Å². The monoisotopic (exact) mass is 479 g/mol. The van der Waals surface area contributed by atoms with Gasteiger partial charge in [0.25, 0.3) is 0 Å². The van der Waals surface area contributed by atoms with Gasteiger partial charge in [0, 0.05) is 29.2 Å². The lowest BCUT2D eigenvalue weighted by atomic mass is 9.86. The van der Waals surface area contributed by atoms with Crippen molar-refractivity contribution in [1.82, 2.24) is 14.8 Å². The van der Waals surface area contributed by atoms with Crippen molar-refractivity contribution >= 4 is 26.7 Å². The molecular formula is C22H23F2N3O5S. The van der Waals surface area contributed by atoms with E-state index < -0.39 is 28.0 Å². The highest BCUT2D eigenvalue weighted by Gasteiger charge is 2.45. The van der Waals surface area contributed by atoms with Gasteiger partial charge in [0.1, 0.15) is 17.0 Å². The van der Waals surface area contributed by atoms with Crippen molar-refractivity contribution in [3.63, 3.8) is 0 Å². The Bertz CT molecular complexity index is 1310. The molecule has 8 nitrogen and oxygen atoms in total. The van der Waals surface area contributed by atoms with Crippen molar-refractivity contribution in [3.8, 4) is 17.0 Å². The number of nitrogens with zero attached hydrogens (tertiary/aromatic N) is 3. The number of ketones is 1. The molecule has 33 heavy (non-hydrogen) atoms. The van der Waals surface area contributed by atoms with E-state index in [2.05, 4.69) is 14.8 Å². The first kappa shape index (κ1) is 23.2. The van der Waals surface area contributed by atoms with Crippen LogP contribution in [0.3, 0.4) is 0 Å². The van der Waals surface area contributed by atoms with Gasteiger partial charge in [-0.05, 0) is 25.1 Å².